The minimum atomic E-state index is 0.275. The zero-order chi connectivity index (χ0) is 7.56. The minimum absolute atomic E-state index is 0.275. The van der Waals surface area contributed by atoms with Crippen LogP contribution in [-0.4, -0.2) is 12.4 Å². The van der Waals surface area contributed by atoms with E-state index in [9.17, 15) is 0 Å². The third kappa shape index (κ3) is 1.24. The third-order valence-electron chi connectivity index (χ3n) is 1.36. The highest BCUT2D eigenvalue weighted by Gasteiger charge is 1.97. The first-order valence-electron chi connectivity index (χ1n) is 3.12. The second kappa shape index (κ2) is 2.65. The molecule has 0 atom stereocenters. The highest BCUT2D eigenvalue weighted by molar-refractivity contribution is 6.53. The van der Waals surface area contributed by atoms with Crippen LogP contribution in [0.2, 0.25) is 6.82 Å². The highest BCUT2D eigenvalue weighted by atomic mass is 16.3. The summed E-state index contributed by atoms with van der Waals surface area (Å²) in [5.41, 5.74) is 6.92. The fourth-order valence-corrected chi connectivity index (χ4v) is 0.804. The van der Waals surface area contributed by atoms with Crippen LogP contribution in [-0.2, 0) is 0 Å². The van der Waals surface area contributed by atoms with Gasteiger partial charge in [0.15, 0.2) is 7.28 Å². The summed E-state index contributed by atoms with van der Waals surface area (Å²) in [6, 6.07) is 4.99. The molecule has 0 aliphatic carbocycles. The van der Waals surface area contributed by atoms with Crippen molar-refractivity contribution in [3.8, 4) is 5.75 Å². The normalized spacial score (nSPS) is 9.30. The van der Waals surface area contributed by atoms with Gasteiger partial charge in [0.1, 0.15) is 5.75 Å². The maximum Gasteiger partial charge on any atom is 0.153 e. The van der Waals surface area contributed by atoms with Crippen LogP contribution in [0.15, 0.2) is 18.2 Å². The second-order valence-electron chi connectivity index (χ2n) is 2.11. The predicted octanol–water partition coefficient (Wildman–Crippen LogP) is 0.352. The minimum Gasteiger partial charge on any atom is -0.509 e. The fourth-order valence-electron chi connectivity index (χ4n) is 0.804. The van der Waals surface area contributed by atoms with Crippen molar-refractivity contribution in [2.24, 2.45) is 0 Å². The Morgan fingerprint density at radius 2 is 2.20 bits per heavy atom. The maximum atomic E-state index is 9.15. The molecule has 3 N–H and O–H groups in total. The number of phenolic OH excluding ortho intramolecular Hbond substituents is 1. The number of benzene rings is 1. The summed E-state index contributed by atoms with van der Waals surface area (Å²) in [6.45, 7) is 1.86. The number of anilines is 1. The Morgan fingerprint density at radius 3 is 2.70 bits per heavy atom. The van der Waals surface area contributed by atoms with Crippen molar-refractivity contribution in [3.05, 3.63) is 18.2 Å². The quantitative estimate of drug-likeness (QED) is 0.330. The average Bonchev–Trinajstić information content (AvgIpc) is 1.94. The Balaban J connectivity index is 3.09. The van der Waals surface area contributed by atoms with E-state index in [0.717, 1.165) is 5.46 Å². The van der Waals surface area contributed by atoms with E-state index in [0.29, 0.717) is 5.69 Å². The van der Waals surface area contributed by atoms with Crippen LogP contribution >= 0.6 is 0 Å². The van der Waals surface area contributed by atoms with Crippen LogP contribution in [0.5, 0.6) is 5.75 Å². The number of aromatic hydroxyl groups is 1. The zero-order valence-corrected chi connectivity index (χ0v) is 5.83. The molecule has 0 saturated heterocycles. The second-order valence-corrected chi connectivity index (χ2v) is 2.11. The van der Waals surface area contributed by atoms with Gasteiger partial charge in [-0.25, -0.2) is 0 Å². The van der Waals surface area contributed by atoms with Crippen molar-refractivity contribution in [2.45, 2.75) is 6.82 Å². The first kappa shape index (κ1) is 7.00. The number of nitrogen functional groups attached to an aromatic ring is 1. The molecule has 1 aromatic rings. The van der Waals surface area contributed by atoms with E-state index in [4.69, 9.17) is 10.8 Å². The average molecular weight is 134 g/mol. The largest absolute Gasteiger partial charge is 0.509 e. The molecule has 1 aromatic carbocycles. The van der Waals surface area contributed by atoms with Crippen LogP contribution in [0.3, 0.4) is 0 Å². The van der Waals surface area contributed by atoms with Crippen molar-refractivity contribution in [3.63, 3.8) is 0 Å². The van der Waals surface area contributed by atoms with Gasteiger partial charge in [0.25, 0.3) is 0 Å². The molecular formula is C7H9BNO. The van der Waals surface area contributed by atoms with Gasteiger partial charge in [-0.2, -0.15) is 0 Å². The lowest BCUT2D eigenvalue weighted by Crippen LogP contribution is -2.11. The van der Waals surface area contributed by atoms with Crippen LogP contribution in [0.25, 0.3) is 0 Å². The molecule has 0 saturated carbocycles. The van der Waals surface area contributed by atoms with E-state index in [-0.39, 0.29) is 5.75 Å². The Labute approximate surface area is 60.9 Å². The summed E-state index contributed by atoms with van der Waals surface area (Å²) in [4.78, 5) is 0. The van der Waals surface area contributed by atoms with Crippen LogP contribution < -0.4 is 11.2 Å². The molecular weight excluding hydrogens is 125 g/mol. The third-order valence-corrected chi connectivity index (χ3v) is 1.36. The fraction of sp³-hybridized carbons (Fsp3) is 0.143. The summed E-state index contributed by atoms with van der Waals surface area (Å²) in [6.07, 6.45) is 0. The van der Waals surface area contributed by atoms with Crippen molar-refractivity contribution >= 4 is 18.4 Å². The molecule has 0 amide bonds. The Kier molecular flexibility index (Phi) is 1.85. The van der Waals surface area contributed by atoms with Gasteiger partial charge >= 0.3 is 0 Å². The lowest BCUT2D eigenvalue weighted by Gasteiger charge is -2.00. The summed E-state index contributed by atoms with van der Waals surface area (Å²) < 4.78 is 0. The van der Waals surface area contributed by atoms with Crippen molar-refractivity contribution in [1.29, 1.82) is 0 Å². The molecule has 0 unspecified atom stereocenters. The molecule has 0 bridgehead atoms. The van der Waals surface area contributed by atoms with E-state index in [1.165, 1.54) is 0 Å². The monoisotopic (exact) mass is 134 g/mol. The lowest BCUT2D eigenvalue weighted by atomic mass is 9.73. The van der Waals surface area contributed by atoms with Crippen LogP contribution in [0, 0.1) is 0 Å². The van der Waals surface area contributed by atoms with Gasteiger partial charge in [0.2, 0.25) is 0 Å². The summed E-state index contributed by atoms with van der Waals surface area (Å²) in [5, 5.41) is 9.15. The zero-order valence-electron chi connectivity index (χ0n) is 5.83. The highest BCUT2D eigenvalue weighted by Crippen LogP contribution is 2.07. The molecule has 1 rings (SSSR count). The van der Waals surface area contributed by atoms with Crippen molar-refractivity contribution in [2.75, 3.05) is 5.73 Å². The van der Waals surface area contributed by atoms with Crippen molar-refractivity contribution < 1.29 is 5.11 Å². The Bertz CT molecular complexity index is 237. The molecule has 51 valence electrons. The molecule has 1 radical (unpaired) electrons. The topological polar surface area (TPSA) is 46.2 Å². The van der Waals surface area contributed by atoms with E-state index >= 15 is 0 Å². The summed E-state index contributed by atoms with van der Waals surface area (Å²) in [7, 11) is 1.81. The Morgan fingerprint density at radius 1 is 1.50 bits per heavy atom. The summed E-state index contributed by atoms with van der Waals surface area (Å²) in [5.74, 6) is 0.275. The maximum absolute atomic E-state index is 9.15. The van der Waals surface area contributed by atoms with E-state index in [1.807, 2.05) is 14.1 Å². The van der Waals surface area contributed by atoms with Gasteiger partial charge < -0.3 is 10.8 Å². The van der Waals surface area contributed by atoms with Gasteiger partial charge in [0, 0.05) is 5.69 Å². The Hall–Kier alpha value is -1.12. The predicted molar refractivity (Wildman–Crippen MR) is 43.8 cm³/mol. The first-order chi connectivity index (χ1) is 4.74. The number of hydrogen-bond acceptors (Lipinski definition) is 2. The van der Waals surface area contributed by atoms with Gasteiger partial charge in [-0.3, -0.25) is 0 Å². The number of rotatable bonds is 1. The molecule has 2 nitrogen and oxygen atoms in total. The first-order valence-corrected chi connectivity index (χ1v) is 3.12. The number of phenols is 1. The molecule has 3 heteroatoms. The molecule has 0 heterocycles. The van der Waals surface area contributed by atoms with Gasteiger partial charge in [-0.05, 0) is 23.7 Å². The lowest BCUT2D eigenvalue weighted by molar-refractivity contribution is 0.479. The smallest absolute Gasteiger partial charge is 0.153 e. The molecule has 0 spiro atoms. The van der Waals surface area contributed by atoms with E-state index in [2.05, 4.69) is 0 Å². The molecule has 0 aliphatic rings. The molecule has 0 aromatic heterocycles. The van der Waals surface area contributed by atoms with Crippen LogP contribution in [0.4, 0.5) is 5.69 Å². The number of hydrogen-bond donors (Lipinski definition) is 2. The summed E-state index contributed by atoms with van der Waals surface area (Å²) >= 11 is 0. The van der Waals surface area contributed by atoms with E-state index in [1.54, 1.807) is 18.2 Å². The van der Waals surface area contributed by atoms with Crippen LogP contribution in [0.1, 0.15) is 0 Å². The number of nitrogens with two attached hydrogens (primary N) is 1. The van der Waals surface area contributed by atoms with Gasteiger partial charge in [0.05, 0.1) is 0 Å². The molecule has 10 heavy (non-hydrogen) atoms. The SMILES string of the molecule is C[B]c1cc(N)ccc1O. The standard InChI is InChI=1S/C7H9BNO/c1-8-6-4-5(9)2-3-7(6)10/h2-4,10H,9H2,1H3. The van der Waals surface area contributed by atoms with Gasteiger partial charge in [-0.15, -0.1) is 0 Å². The van der Waals surface area contributed by atoms with E-state index < -0.39 is 0 Å². The molecule has 0 fully saturated rings. The van der Waals surface area contributed by atoms with Crippen molar-refractivity contribution in [1.82, 2.24) is 0 Å². The van der Waals surface area contributed by atoms with Gasteiger partial charge in [-0.1, -0.05) is 6.82 Å². The molecule has 0 aliphatic heterocycles.